The maximum Gasteiger partial charge on any atom is 0.0250 e. The average Bonchev–Trinajstić information content (AvgIpc) is 2.45. The van der Waals surface area contributed by atoms with Crippen molar-refractivity contribution in [2.24, 2.45) is 5.41 Å². The molecule has 0 aromatic carbocycles. The molecule has 0 aliphatic heterocycles. The Bertz CT molecular complexity index is 160. The molecular formula is C7H9I. The highest BCUT2D eigenvalue weighted by molar-refractivity contribution is 14.1. The third kappa shape index (κ3) is 0.462. The van der Waals surface area contributed by atoms with Crippen LogP contribution in [0.25, 0.3) is 0 Å². The molecular weight excluding hydrogens is 211 g/mol. The average molecular weight is 220 g/mol. The molecule has 0 bridgehead atoms. The zero-order valence-electron chi connectivity index (χ0n) is 4.95. The van der Waals surface area contributed by atoms with Crippen molar-refractivity contribution in [1.29, 1.82) is 0 Å². The fourth-order valence-corrected chi connectivity index (χ4v) is 2.08. The second kappa shape index (κ2) is 1.31. The van der Waals surface area contributed by atoms with Crippen molar-refractivity contribution >= 4 is 22.6 Å². The summed E-state index contributed by atoms with van der Waals surface area (Å²) in [6, 6.07) is 0. The van der Waals surface area contributed by atoms with E-state index >= 15 is 0 Å². The van der Waals surface area contributed by atoms with E-state index in [1.165, 1.54) is 12.8 Å². The summed E-state index contributed by atoms with van der Waals surface area (Å²) in [6.45, 7) is 2.27. The van der Waals surface area contributed by atoms with E-state index in [-0.39, 0.29) is 0 Å². The molecule has 0 radical (unpaired) electrons. The maximum absolute atomic E-state index is 2.56. The van der Waals surface area contributed by atoms with E-state index in [0.29, 0.717) is 5.41 Å². The predicted molar refractivity (Wildman–Crippen MR) is 43.2 cm³/mol. The quantitative estimate of drug-likeness (QED) is 0.381. The lowest BCUT2D eigenvalue weighted by Gasteiger charge is -2.06. The molecule has 0 spiro atoms. The van der Waals surface area contributed by atoms with Gasteiger partial charge in [0.1, 0.15) is 0 Å². The van der Waals surface area contributed by atoms with Gasteiger partial charge < -0.3 is 0 Å². The minimum Gasteiger partial charge on any atom is -0.0813 e. The van der Waals surface area contributed by atoms with Crippen LogP contribution < -0.4 is 0 Å². The minimum atomic E-state index is 0.704. The second-order valence-electron chi connectivity index (χ2n) is 2.76. The summed E-state index contributed by atoms with van der Waals surface area (Å²) in [5.74, 6) is 0. The minimum absolute atomic E-state index is 0.704. The first-order valence-corrected chi connectivity index (χ1v) is 4.40. The highest BCUT2D eigenvalue weighted by atomic mass is 127. The number of hydrogen-bond acceptors (Lipinski definition) is 0. The first-order valence-electron chi connectivity index (χ1n) is 3.16. The number of halogens is 1. The molecule has 1 fully saturated rings. The SMILES string of the molecule is CCC(I)C12C=C1C2. The molecule has 0 saturated heterocycles. The van der Waals surface area contributed by atoms with Crippen LogP contribution in [0.1, 0.15) is 19.8 Å². The van der Waals surface area contributed by atoms with Gasteiger partial charge in [-0.15, -0.1) is 0 Å². The molecule has 2 rings (SSSR count). The molecule has 2 atom stereocenters. The summed E-state index contributed by atoms with van der Waals surface area (Å²) in [5, 5.41) is 0. The Morgan fingerprint density at radius 1 is 2.00 bits per heavy atom. The third-order valence-electron chi connectivity index (χ3n) is 2.22. The van der Waals surface area contributed by atoms with Crippen molar-refractivity contribution in [2.45, 2.75) is 23.7 Å². The van der Waals surface area contributed by atoms with Gasteiger partial charge in [-0.25, -0.2) is 0 Å². The van der Waals surface area contributed by atoms with Crippen molar-refractivity contribution in [1.82, 2.24) is 0 Å². The molecule has 1 saturated carbocycles. The highest BCUT2D eigenvalue weighted by Crippen LogP contribution is 2.71. The number of alkyl halides is 1. The largest absolute Gasteiger partial charge is 0.0813 e. The molecule has 1 heteroatoms. The van der Waals surface area contributed by atoms with E-state index in [0.717, 1.165) is 3.92 Å². The van der Waals surface area contributed by atoms with Crippen LogP contribution in [-0.2, 0) is 0 Å². The van der Waals surface area contributed by atoms with E-state index in [1.807, 2.05) is 0 Å². The lowest BCUT2D eigenvalue weighted by atomic mass is 10.1. The topological polar surface area (TPSA) is 0 Å². The van der Waals surface area contributed by atoms with Crippen molar-refractivity contribution in [3.63, 3.8) is 0 Å². The molecule has 44 valence electrons. The second-order valence-corrected chi connectivity index (χ2v) is 4.27. The number of fused-ring (bicyclic) bond motifs is 1. The third-order valence-corrected chi connectivity index (χ3v) is 4.21. The number of rotatable bonds is 2. The first-order chi connectivity index (χ1) is 3.79. The summed E-state index contributed by atoms with van der Waals surface area (Å²) in [7, 11) is 0. The normalized spacial score (nSPS) is 42.5. The summed E-state index contributed by atoms with van der Waals surface area (Å²) >= 11 is 2.56. The fourth-order valence-electron chi connectivity index (χ4n) is 1.28. The van der Waals surface area contributed by atoms with Gasteiger partial charge in [-0.3, -0.25) is 0 Å². The molecule has 0 heterocycles. The van der Waals surface area contributed by atoms with Crippen LogP contribution in [0.3, 0.4) is 0 Å². The van der Waals surface area contributed by atoms with Crippen LogP contribution in [0.2, 0.25) is 0 Å². The summed E-state index contributed by atoms with van der Waals surface area (Å²) in [4.78, 5) is 0. The van der Waals surface area contributed by atoms with Crippen LogP contribution in [0.5, 0.6) is 0 Å². The number of hydrogen-bond donors (Lipinski definition) is 0. The van der Waals surface area contributed by atoms with Gasteiger partial charge in [0.2, 0.25) is 0 Å². The summed E-state index contributed by atoms with van der Waals surface area (Å²) in [5.41, 5.74) is 2.44. The summed E-state index contributed by atoms with van der Waals surface area (Å²) in [6.07, 6.45) is 5.18. The molecule has 2 unspecified atom stereocenters. The Labute approximate surface area is 63.5 Å². The summed E-state index contributed by atoms with van der Waals surface area (Å²) < 4.78 is 0.912. The Morgan fingerprint density at radius 2 is 2.50 bits per heavy atom. The molecule has 0 N–H and O–H groups in total. The molecule has 0 amide bonds. The van der Waals surface area contributed by atoms with E-state index in [1.54, 1.807) is 5.57 Å². The lowest BCUT2D eigenvalue weighted by molar-refractivity contribution is 0.678. The van der Waals surface area contributed by atoms with Crippen LogP contribution in [-0.4, -0.2) is 3.92 Å². The molecule has 0 aromatic heterocycles. The van der Waals surface area contributed by atoms with Crippen LogP contribution >= 0.6 is 22.6 Å². The molecule has 2 aliphatic carbocycles. The van der Waals surface area contributed by atoms with Gasteiger partial charge >= 0.3 is 0 Å². The van der Waals surface area contributed by atoms with Crippen molar-refractivity contribution in [3.8, 4) is 0 Å². The maximum atomic E-state index is 2.56. The Morgan fingerprint density at radius 3 is 2.62 bits per heavy atom. The van der Waals surface area contributed by atoms with E-state index in [9.17, 15) is 0 Å². The Hall–Kier alpha value is 0.470. The zero-order valence-corrected chi connectivity index (χ0v) is 7.10. The van der Waals surface area contributed by atoms with Gasteiger partial charge in [-0.1, -0.05) is 41.2 Å². The van der Waals surface area contributed by atoms with Gasteiger partial charge in [0.15, 0.2) is 0 Å². The smallest absolute Gasteiger partial charge is 0.0250 e. The Balaban J connectivity index is 2.00. The van der Waals surface area contributed by atoms with Crippen molar-refractivity contribution in [3.05, 3.63) is 11.6 Å². The van der Waals surface area contributed by atoms with Gasteiger partial charge in [0.05, 0.1) is 0 Å². The zero-order chi connectivity index (χ0) is 5.78. The molecule has 8 heavy (non-hydrogen) atoms. The highest BCUT2D eigenvalue weighted by Gasteiger charge is 2.62. The van der Waals surface area contributed by atoms with E-state index in [4.69, 9.17) is 0 Å². The van der Waals surface area contributed by atoms with Crippen LogP contribution in [0.15, 0.2) is 11.6 Å². The van der Waals surface area contributed by atoms with Gasteiger partial charge in [0, 0.05) is 9.34 Å². The number of allylic oxidation sites excluding steroid dienone is 2. The first kappa shape index (κ1) is 5.27. The van der Waals surface area contributed by atoms with Crippen LogP contribution in [0.4, 0.5) is 0 Å². The van der Waals surface area contributed by atoms with Gasteiger partial charge in [-0.05, 0) is 12.8 Å². The van der Waals surface area contributed by atoms with Crippen molar-refractivity contribution < 1.29 is 0 Å². The lowest BCUT2D eigenvalue weighted by Crippen LogP contribution is -2.04. The Kier molecular flexibility index (Phi) is 0.861. The molecule has 0 aromatic rings. The molecule has 2 aliphatic rings. The molecule has 0 nitrogen and oxygen atoms in total. The predicted octanol–water partition coefficient (Wildman–Crippen LogP) is 2.53. The van der Waals surface area contributed by atoms with Crippen molar-refractivity contribution in [2.75, 3.05) is 0 Å². The monoisotopic (exact) mass is 220 g/mol. The van der Waals surface area contributed by atoms with Gasteiger partial charge in [0.25, 0.3) is 0 Å². The standard InChI is InChI=1S/C7H9I/c1-2-6(8)7-3-5(7)4-7/h3,6H,2,4H2,1H3. The van der Waals surface area contributed by atoms with Crippen LogP contribution in [0, 0.1) is 5.41 Å². The van der Waals surface area contributed by atoms with E-state index < -0.39 is 0 Å². The fraction of sp³-hybridized carbons (Fsp3) is 0.714. The van der Waals surface area contributed by atoms with Gasteiger partial charge in [-0.2, -0.15) is 0 Å². The van der Waals surface area contributed by atoms with E-state index in [2.05, 4.69) is 35.6 Å².